The van der Waals surface area contributed by atoms with E-state index >= 15 is 0 Å². The Hall–Kier alpha value is -3.49. The number of amidine groups is 1. The van der Waals surface area contributed by atoms with E-state index < -0.39 is 5.25 Å². The summed E-state index contributed by atoms with van der Waals surface area (Å²) in [6.45, 7) is 0.436. The van der Waals surface area contributed by atoms with Gasteiger partial charge in [-0.15, -0.1) is 0 Å². The first kappa shape index (κ1) is 25.6. The van der Waals surface area contributed by atoms with Crippen LogP contribution in [0, 0.1) is 0 Å². The molecule has 2 amide bonds. The molecule has 3 aromatic rings. The fraction of sp³-hybridized carbons (Fsp3) is 0.222. The number of aliphatic imine (C=N–C) groups is 1. The van der Waals surface area contributed by atoms with Crippen molar-refractivity contribution >= 4 is 51.7 Å². The Morgan fingerprint density at radius 3 is 2.47 bits per heavy atom. The van der Waals surface area contributed by atoms with E-state index in [4.69, 9.17) is 26.1 Å². The third-order valence-corrected chi connectivity index (χ3v) is 7.07. The van der Waals surface area contributed by atoms with Crippen molar-refractivity contribution in [3.8, 4) is 11.5 Å². The molecular weight excluding hydrogens is 498 g/mol. The van der Waals surface area contributed by atoms with Crippen molar-refractivity contribution in [2.75, 3.05) is 26.1 Å². The van der Waals surface area contributed by atoms with Crippen LogP contribution >= 0.6 is 23.4 Å². The average molecular weight is 524 g/mol. The van der Waals surface area contributed by atoms with Gasteiger partial charge in [-0.3, -0.25) is 14.5 Å². The van der Waals surface area contributed by atoms with E-state index in [0.717, 1.165) is 11.3 Å². The van der Waals surface area contributed by atoms with Gasteiger partial charge in [0.1, 0.15) is 16.7 Å². The maximum absolute atomic E-state index is 13.2. The first-order valence-electron chi connectivity index (χ1n) is 11.3. The second kappa shape index (κ2) is 12.0. The lowest BCUT2D eigenvalue weighted by molar-refractivity contribution is -0.129. The molecule has 1 atom stereocenters. The molecule has 1 unspecified atom stereocenters. The number of hydrogen-bond acceptors (Lipinski definition) is 6. The van der Waals surface area contributed by atoms with Gasteiger partial charge >= 0.3 is 0 Å². The summed E-state index contributed by atoms with van der Waals surface area (Å²) in [6.07, 6.45) is 0.696. The lowest BCUT2D eigenvalue weighted by atomic mass is 10.1. The Kier molecular flexibility index (Phi) is 8.51. The van der Waals surface area contributed by atoms with Crippen molar-refractivity contribution in [2.45, 2.75) is 18.1 Å². The zero-order chi connectivity index (χ0) is 25.5. The van der Waals surface area contributed by atoms with E-state index in [9.17, 15) is 9.59 Å². The smallest absolute Gasteiger partial charge is 0.238 e. The van der Waals surface area contributed by atoms with Crippen LogP contribution in [0.25, 0.3) is 0 Å². The van der Waals surface area contributed by atoms with Crippen molar-refractivity contribution in [3.63, 3.8) is 0 Å². The number of rotatable bonds is 8. The molecule has 186 valence electrons. The van der Waals surface area contributed by atoms with Gasteiger partial charge in [0, 0.05) is 18.0 Å². The van der Waals surface area contributed by atoms with Crippen LogP contribution in [0.15, 0.2) is 77.8 Å². The van der Waals surface area contributed by atoms with Gasteiger partial charge in [-0.05, 0) is 60.5 Å². The van der Waals surface area contributed by atoms with Crippen LogP contribution < -0.4 is 14.8 Å². The summed E-state index contributed by atoms with van der Waals surface area (Å²) in [5.41, 5.74) is 2.27. The van der Waals surface area contributed by atoms with Crippen LogP contribution in [0.2, 0.25) is 5.02 Å². The number of para-hydroxylation sites is 2. The normalized spacial score (nSPS) is 16.6. The topological polar surface area (TPSA) is 80.2 Å². The van der Waals surface area contributed by atoms with Gasteiger partial charge < -0.3 is 14.8 Å². The number of anilines is 1. The molecule has 36 heavy (non-hydrogen) atoms. The molecule has 9 heteroatoms. The first-order chi connectivity index (χ1) is 17.5. The highest BCUT2D eigenvalue weighted by Crippen LogP contribution is 2.32. The predicted octanol–water partition coefficient (Wildman–Crippen LogP) is 5.56. The zero-order valence-electron chi connectivity index (χ0n) is 19.9. The number of halogens is 1. The Morgan fingerprint density at radius 2 is 1.78 bits per heavy atom. The monoisotopic (exact) mass is 523 g/mol. The van der Waals surface area contributed by atoms with Gasteiger partial charge in [0.15, 0.2) is 5.17 Å². The van der Waals surface area contributed by atoms with E-state index in [0.29, 0.717) is 40.3 Å². The second-order valence-electron chi connectivity index (χ2n) is 8.01. The largest absolute Gasteiger partial charge is 0.497 e. The number of benzene rings is 3. The summed E-state index contributed by atoms with van der Waals surface area (Å²) in [6, 6.07) is 21.9. The Bertz CT molecular complexity index is 1250. The molecule has 0 radical (unpaired) electrons. The molecule has 1 saturated heterocycles. The van der Waals surface area contributed by atoms with Crippen molar-refractivity contribution < 1.29 is 19.1 Å². The maximum atomic E-state index is 13.2. The predicted molar refractivity (Wildman–Crippen MR) is 145 cm³/mol. The quantitative estimate of drug-likeness (QED) is 0.418. The number of thioether (sulfide) groups is 1. The standard InChI is InChI=1S/C27H26ClN3O4S/c1-34-21-13-7-18(8-14-21)15-16-31-25(32)17-24(26(33)30-22-5-3-4-6-23(22)35-2)36-27(31)29-20-11-9-19(28)10-12-20/h3-14,24H,15-17H2,1-2H3,(H,30,33). The molecule has 1 aliphatic heterocycles. The van der Waals surface area contributed by atoms with E-state index in [-0.39, 0.29) is 18.2 Å². The molecule has 0 aromatic heterocycles. The van der Waals surface area contributed by atoms with Crippen LogP contribution in [-0.4, -0.2) is 47.9 Å². The fourth-order valence-electron chi connectivity index (χ4n) is 3.68. The Morgan fingerprint density at radius 1 is 1.06 bits per heavy atom. The molecule has 0 aliphatic carbocycles. The van der Waals surface area contributed by atoms with Crippen molar-refractivity contribution in [1.29, 1.82) is 0 Å². The summed E-state index contributed by atoms with van der Waals surface area (Å²) < 4.78 is 10.6. The number of carbonyl (C=O) groups is 2. The molecule has 1 aliphatic rings. The van der Waals surface area contributed by atoms with Gasteiger partial charge in [-0.25, -0.2) is 4.99 Å². The SMILES string of the molecule is COc1ccc(CCN2C(=O)CC(C(=O)Nc3ccccc3OC)SC2=Nc2ccc(Cl)cc2)cc1. The maximum Gasteiger partial charge on any atom is 0.238 e. The minimum Gasteiger partial charge on any atom is -0.497 e. The summed E-state index contributed by atoms with van der Waals surface area (Å²) in [5, 5.41) is 3.32. The minimum atomic E-state index is -0.634. The summed E-state index contributed by atoms with van der Waals surface area (Å²) >= 11 is 7.30. The van der Waals surface area contributed by atoms with Crippen molar-refractivity contribution in [3.05, 3.63) is 83.4 Å². The van der Waals surface area contributed by atoms with Gasteiger partial charge in [-0.2, -0.15) is 0 Å². The Balaban J connectivity index is 1.54. The van der Waals surface area contributed by atoms with Crippen LogP contribution in [0.5, 0.6) is 11.5 Å². The van der Waals surface area contributed by atoms with Crippen LogP contribution in [-0.2, 0) is 16.0 Å². The van der Waals surface area contributed by atoms with Gasteiger partial charge in [0.25, 0.3) is 0 Å². The van der Waals surface area contributed by atoms with E-state index in [1.807, 2.05) is 36.4 Å². The van der Waals surface area contributed by atoms with E-state index in [1.54, 1.807) is 55.5 Å². The van der Waals surface area contributed by atoms with E-state index in [1.165, 1.54) is 11.8 Å². The molecule has 7 nitrogen and oxygen atoms in total. The molecule has 1 fully saturated rings. The molecule has 1 heterocycles. The van der Waals surface area contributed by atoms with Gasteiger partial charge in [0.2, 0.25) is 11.8 Å². The molecular formula is C27H26ClN3O4S. The highest BCUT2D eigenvalue weighted by molar-refractivity contribution is 8.15. The number of amides is 2. The minimum absolute atomic E-state index is 0.0634. The molecule has 3 aromatic carbocycles. The molecule has 1 N–H and O–H groups in total. The molecule has 0 saturated carbocycles. The highest BCUT2D eigenvalue weighted by Gasteiger charge is 2.36. The lowest BCUT2D eigenvalue weighted by Gasteiger charge is -2.32. The Labute approximate surface area is 219 Å². The molecule has 0 bridgehead atoms. The van der Waals surface area contributed by atoms with Gasteiger partial charge in [-0.1, -0.05) is 47.6 Å². The first-order valence-corrected chi connectivity index (χ1v) is 12.6. The second-order valence-corrected chi connectivity index (χ2v) is 9.62. The number of nitrogens with zero attached hydrogens (tertiary/aromatic N) is 2. The van der Waals surface area contributed by atoms with Crippen molar-refractivity contribution in [1.82, 2.24) is 4.90 Å². The number of ether oxygens (including phenoxy) is 2. The summed E-state index contributed by atoms with van der Waals surface area (Å²) in [5.74, 6) is 0.887. The number of hydrogen-bond donors (Lipinski definition) is 1. The lowest BCUT2D eigenvalue weighted by Crippen LogP contribution is -2.46. The molecule has 4 rings (SSSR count). The van der Waals surface area contributed by atoms with E-state index in [2.05, 4.69) is 5.32 Å². The third kappa shape index (κ3) is 6.38. The van der Waals surface area contributed by atoms with Crippen molar-refractivity contribution in [2.24, 2.45) is 4.99 Å². The summed E-state index contributed by atoms with van der Waals surface area (Å²) in [7, 11) is 3.17. The third-order valence-electron chi connectivity index (χ3n) is 5.63. The number of carbonyl (C=O) groups excluding carboxylic acids is 2. The summed E-state index contributed by atoms with van der Waals surface area (Å²) in [4.78, 5) is 32.7. The molecule has 0 spiro atoms. The van der Waals surface area contributed by atoms with Gasteiger partial charge in [0.05, 0.1) is 25.6 Å². The number of methoxy groups -OCH3 is 2. The number of nitrogens with one attached hydrogen (secondary N) is 1. The zero-order valence-corrected chi connectivity index (χ0v) is 21.5. The highest BCUT2D eigenvalue weighted by atomic mass is 35.5. The fourth-order valence-corrected chi connectivity index (χ4v) is 4.93. The van der Waals surface area contributed by atoms with Crippen LogP contribution in [0.4, 0.5) is 11.4 Å². The average Bonchev–Trinajstić information content (AvgIpc) is 2.90. The van der Waals surface area contributed by atoms with Crippen LogP contribution in [0.1, 0.15) is 12.0 Å². The van der Waals surface area contributed by atoms with Crippen LogP contribution in [0.3, 0.4) is 0 Å².